The lowest BCUT2D eigenvalue weighted by molar-refractivity contribution is -0.141. The Kier molecular flexibility index (Phi) is 5.31. The quantitative estimate of drug-likeness (QED) is 0.528. The third kappa shape index (κ3) is 6.41. The van der Waals surface area contributed by atoms with Gasteiger partial charge < -0.3 is 25.4 Å². The van der Waals surface area contributed by atoms with Crippen LogP contribution in [0.15, 0.2) is 18.7 Å². The molecule has 106 valence electrons. The molecule has 0 aliphatic carbocycles. The van der Waals surface area contributed by atoms with Crippen molar-refractivity contribution in [2.75, 3.05) is 13.1 Å². The smallest absolute Gasteiger partial charge is 0.314 e. The van der Waals surface area contributed by atoms with Crippen LogP contribution in [0.3, 0.4) is 0 Å². The summed E-state index contributed by atoms with van der Waals surface area (Å²) in [5, 5.41) is 23.2. The predicted octanol–water partition coefficient (Wildman–Crippen LogP) is -0.592. The minimum absolute atomic E-state index is 0.129. The van der Waals surface area contributed by atoms with Gasteiger partial charge in [0.05, 0.1) is 18.3 Å². The molecule has 1 heterocycles. The molecule has 8 nitrogen and oxygen atoms in total. The average molecular weight is 270 g/mol. The first-order chi connectivity index (χ1) is 8.89. The SMILES string of the molecule is CC(O)(CNC(=O)NCCn1ccnc1)CC(=O)O. The number of nitrogens with one attached hydrogen (secondary N) is 2. The third-order valence-electron chi connectivity index (χ3n) is 2.38. The number of rotatable bonds is 7. The van der Waals surface area contributed by atoms with Crippen molar-refractivity contribution < 1.29 is 19.8 Å². The molecule has 8 heteroatoms. The van der Waals surface area contributed by atoms with Crippen LogP contribution in [0.25, 0.3) is 0 Å². The monoisotopic (exact) mass is 270 g/mol. The summed E-state index contributed by atoms with van der Waals surface area (Å²) < 4.78 is 1.81. The molecule has 0 bridgehead atoms. The van der Waals surface area contributed by atoms with E-state index in [1.807, 2.05) is 0 Å². The molecular weight excluding hydrogens is 252 g/mol. The van der Waals surface area contributed by atoms with E-state index in [9.17, 15) is 14.7 Å². The first-order valence-electron chi connectivity index (χ1n) is 5.81. The van der Waals surface area contributed by atoms with Gasteiger partial charge in [-0.05, 0) is 6.92 Å². The number of nitrogens with zero attached hydrogens (tertiary/aromatic N) is 2. The molecule has 0 aliphatic heterocycles. The van der Waals surface area contributed by atoms with Crippen LogP contribution in [-0.4, -0.2) is 50.5 Å². The van der Waals surface area contributed by atoms with E-state index in [4.69, 9.17) is 5.11 Å². The van der Waals surface area contributed by atoms with Crippen LogP contribution in [0.5, 0.6) is 0 Å². The number of amides is 2. The lowest BCUT2D eigenvalue weighted by atomic mass is 10.0. The molecule has 1 aromatic rings. The van der Waals surface area contributed by atoms with E-state index in [1.165, 1.54) is 6.92 Å². The second-order valence-corrected chi connectivity index (χ2v) is 4.48. The van der Waals surface area contributed by atoms with Crippen LogP contribution in [-0.2, 0) is 11.3 Å². The number of carbonyl (C=O) groups is 2. The Morgan fingerprint density at radius 3 is 2.74 bits per heavy atom. The second kappa shape index (κ2) is 6.74. The van der Waals surface area contributed by atoms with E-state index in [1.54, 1.807) is 23.3 Å². The molecule has 4 N–H and O–H groups in total. The van der Waals surface area contributed by atoms with Gasteiger partial charge in [-0.25, -0.2) is 9.78 Å². The van der Waals surface area contributed by atoms with Gasteiger partial charge in [0.25, 0.3) is 0 Å². The molecular formula is C11H18N4O4. The van der Waals surface area contributed by atoms with Crippen LogP contribution in [0.1, 0.15) is 13.3 Å². The number of hydrogen-bond donors (Lipinski definition) is 4. The van der Waals surface area contributed by atoms with Crippen molar-refractivity contribution in [2.24, 2.45) is 0 Å². The van der Waals surface area contributed by atoms with E-state index in [-0.39, 0.29) is 6.54 Å². The first-order valence-corrected chi connectivity index (χ1v) is 5.81. The molecule has 1 atom stereocenters. The zero-order valence-corrected chi connectivity index (χ0v) is 10.7. The van der Waals surface area contributed by atoms with Crippen LogP contribution in [0, 0.1) is 0 Å². The topological polar surface area (TPSA) is 116 Å². The molecule has 0 radical (unpaired) electrons. The lowest BCUT2D eigenvalue weighted by Gasteiger charge is -2.21. The van der Waals surface area contributed by atoms with Gasteiger partial charge in [0.1, 0.15) is 0 Å². The van der Waals surface area contributed by atoms with Crippen molar-refractivity contribution >= 4 is 12.0 Å². The fourth-order valence-corrected chi connectivity index (χ4v) is 1.44. The van der Waals surface area contributed by atoms with E-state index < -0.39 is 24.0 Å². The highest BCUT2D eigenvalue weighted by Crippen LogP contribution is 2.06. The number of aliphatic hydroxyl groups is 1. The number of aromatic nitrogens is 2. The zero-order chi connectivity index (χ0) is 14.3. The largest absolute Gasteiger partial charge is 0.481 e. The number of hydrogen-bond acceptors (Lipinski definition) is 4. The van der Waals surface area contributed by atoms with E-state index in [0.717, 1.165) is 0 Å². The van der Waals surface area contributed by atoms with Crippen molar-refractivity contribution in [2.45, 2.75) is 25.5 Å². The van der Waals surface area contributed by atoms with Gasteiger partial charge in [-0.2, -0.15) is 0 Å². The Hall–Kier alpha value is -2.09. The highest BCUT2D eigenvalue weighted by Gasteiger charge is 2.24. The summed E-state index contributed by atoms with van der Waals surface area (Å²) in [6.45, 7) is 2.21. The molecule has 1 aromatic heterocycles. The first kappa shape index (κ1) is 15.0. The molecule has 0 saturated heterocycles. The van der Waals surface area contributed by atoms with Crippen molar-refractivity contribution in [1.82, 2.24) is 20.2 Å². The van der Waals surface area contributed by atoms with Crippen LogP contribution in [0.2, 0.25) is 0 Å². The molecule has 0 fully saturated rings. The summed E-state index contributed by atoms with van der Waals surface area (Å²) in [5.41, 5.74) is -1.46. The summed E-state index contributed by atoms with van der Waals surface area (Å²) in [4.78, 5) is 25.7. The molecule has 2 amide bonds. The summed E-state index contributed by atoms with van der Waals surface area (Å²) >= 11 is 0. The number of imidazole rings is 1. The fourth-order valence-electron chi connectivity index (χ4n) is 1.44. The molecule has 19 heavy (non-hydrogen) atoms. The van der Waals surface area contributed by atoms with E-state index >= 15 is 0 Å². The summed E-state index contributed by atoms with van der Waals surface area (Å²) in [7, 11) is 0. The van der Waals surface area contributed by atoms with Crippen LogP contribution in [0.4, 0.5) is 4.79 Å². The Morgan fingerprint density at radius 2 is 2.16 bits per heavy atom. The molecule has 0 spiro atoms. The lowest BCUT2D eigenvalue weighted by Crippen LogP contribution is -2.46. The molecule has 1 rings (SSSR count). The van der Waals surface area contributed by atoms with Crippen molar-refractivity contribution in [3.8, 4) is 0 Å². The standard InChI is InChI=1S/C11H18N4O4/c1-11(19,6-9(16)17)7-14-10(18)13-3-5-15-4-2-12-8-15/h2,4,8,19H,3,5-7H2,1H3,(H,16,17)(H2,13,14,18). The van der Waals surface area contributed by atoms with Crippen molar-refractivity contribution in [1.29, 1.82) is 0 Å². The van der Waals surface area contributed by atoms with Gasteiger partial charge in [0.15, 0.2) is 0 Å². The van der Waals surface area contributed by atoms with Crippen LogP contribution < -0.4 is 10.6 Å². The zero-order valence-electron chi connectivity index (χ0n) is 10.7. The highest BCUT2D eigenvalue weighted by atomic mass is 16.4. The van der Waals surface area contributed by atoms with Gasteiger partial charge in [-0.3, -0.25) is 4.79 Å². The highest BCUT2D eigenvalue weighted by molar-refractivity contribution is 5.74. The van der Waals surface area contributed by atoms with Crippen molar-refractivity contribution in [3.63, 3.8) is 0 Å². The maximum atomic E-state index is 11.4. The summed E-state index contributed by atoms with van der Waals surface area (Å²) in [5.74, 6) is -1.12. The van der Waals surface area contributed by atoms with Gasteiger partial charge in [0, 0.05) is 32.0 Å². The van der Waals surface area contributed by atoms with Crippen LogP contribution >= 0.6 is 0 Å². The summed E-state index contributed by atoms with van der Waals surface area (Å²) in [6.07, 6.45) is 4.62. The third-order valence-corrected chi connectivity index (χ3v) is 2.38. The number of carboxylic acid groups (broad SMARTS) is 1. The number of aliphatic carboxylic acids is 1. The second-order valence-electron chi connectivity index (χ2n) is 4.48. The normalized spacial score (nSPS) is 13.6. The number of urea groups is 1. The molecule has 0 saturated carbocycles. The number of carbonyl (C=O) groups excluding carboxylic acids is 1. The van der Waals surface area contributed by atoms with Gasteiger partial charge in [-0.1, -0.05) is 0 Å². The predicted molar refractivity (Wildman–Crippen MR) is 66.5 cm³/mol. The van der Waals surface area contributed by atoms with Crippen molar-refractivity contribution in [3.05, 3.63) is 18.7 Å². The van der Waals surface area contributed by atoms with E-state index in [2.05, 4.69) is 15.6 Å². The molecule has 0 aliphatic rings. The average Bonchev–Trinajstić information content (AvgIpc) is 2.78. The van der Waals surface area contributed by atoms with Gasteiger partial charge in [0.2, 0.25) is 0 Å². The molecule has 0 aromatic carbocycles. The minimum Gasteiger partial charge on any atom is -0.481 e. The maximum absolute atomic E-state index is 11.4. The van der Waals surface area contributed by atoms with Gasteiger partial charge in [-0.15, -0.1) is 0 Å². The number of carboxylic acids is 1. The van der Waals surface area contributed by atoms with E-state index in [0.29, 0.717) is 13.1 Å². The fraction of sp³-hybridized carbons (Fsp3) is 0.545. The maximum Gasteiger partial charge on any atom is 0.314 e. The Bertz CT molecular complexity index is 416. The Labute approximate surface area is 110 Å². The Morgan fingerprint density at radius 1 is 1.42 bits per heavy atom. The minimum atomic E-state index is -1.46. The molecule has 1 unspecified atom stereocenters. The Balaban J connectivity index is 2.18. The van der Waals surface area contributed by atoms with Gasteiger partial charge >= 0.3 is 12.0 Å². The summed E-state index contributed by atoms with van der Waals surface area (Å²) in [6, 6.07) is -0.453.